The van der Waals surface area contributed by atoms with Gasteiger partial charge in [-0.05, 0) is 58.1 Å². The molecule has 0 atom stereocenters. The molecule has 2 heterocycles. The number of hydrogen-bond acceptors (Lipinski definition) is 4. The fourth-order valence-corrected chi connectivity index (χ4v) is 8.24. The average Bonchev–Trinajstić information content (AvgIpc) is 3.52. The summed E-state index contributed by atoms with van der Waals surface area (Å²) in [4.78, 5) is 10.1. The molecule has 0 unspecified atom stereocenters. The Morgan fingerprint density at radius 3 is 1.65 bits per heavy atom. The van der Waals surface area contributed by atoms with Crippen molar-refractivity contribution in [2.24, 2.45) is 0 Å². The Morgan fingerprint density at radius 2 is 0.962 bits per heavy atom. The Labute approximate surface area is 301 Å². The normalized spacial score (nSPS) is 12.9. The summed E-state index contributed by atoms with van der Waals surface area (Å²) in [6.45, 7) is 0. The summed E-state index contributed by atoms with van der Waals surface area (Å²) in [5, 5.41) is 10.6. The minimum Gasteiger partial charge on any atom is -0.457 e. The van der Waals surface area contributed by atoms with Crippen LogP contribution in [0, 0.1) is 11.3 Å². The molecule has 0 N–H and O–H groups in total. The highest BCUT2D eigenvalue weighted by Crippen LogP contribution is 2.63. The van der Waals surface area contributed by atoms with Crippen molar-refractivity contribution in [3.05, 3.63) is 204 Å². The van der Waals surface area contributed by atoms with Crippen LogP contribution in [0.25, 0.3) is 56.2 Å². The lowest BCUT2D eigenvalue weighted by atomic mass is 9.66. The van der Waals surface area contributed by atoms with E-state index >= 15 is 0 Å². The van der Waals surface area contributed by atoms with Gasteiger partial charge in [-0.25, -0.2) is 9.97 Å². The smallest absolute Gasteiger partial charge is 0.160 e. The molecule has 0 saturated carbocycles. The molecule has 0 fully saturated rings. The molecule has 4 nitrogen and oxygen atoms in total. The SMILES string of the molecule is N#Cc1cccc2c1-c1c(-c3cccc(-c4cc(-c5ccccc5)nc(-c5ccccc5)n4)c3)cccc1C21c2ccccc2Oc2ccccc21. The lowest BCUT2D eigenvalue weighted by molar-refractivity contribution is 0.436. The number of ether oxygens (including phenoxy) is 1. The van der Waals surface area contributed by atoms with Crippen LogP contribution in [-0.2, 0) is 5.41 Å². The van der Waals surface area contributed by atoms with Gasteiger partial charge in [-0.3, -0.25) is 0 Å². The van der Waals surface area contributed by atoms with Gasteiger partial charge >= 0.3 is 0 Å². The molecule has 10 rings (SSSR count). The van der Waals surface area contributed by atoms with E-state index in [0.717, 1.165) is 84.1 Å². The van der Waals surface area contributed by atoms with E-state index in [4.69, 9.17) is 14.7 Å². The van der Waals surface area contributed by atoms with E-state index in [0.29, 0.717) is 11.4 Å². The maximum absolute atomic E-state index is 10.6. The van der Waals surface area contributed by atoms with Crippen LogP contribution in [-0.4, -0.2) is 9.97 Å². The topological polar surface area (TPSA) is 58.8 Å². The molecule has 0 amide bonds. The van der Waals surface area contributed by atoms with Gasteiger partial charge in [0.1, 0.15) is 11.5 Å². The summed E-state index contributed by atoms with van der Waals surface area (Å²) in [6, 6.07) is 62.9. The summed E-state index contributed by atoms with van der Waals surface area (Å²) in [7, 11) is 0. The second-order valence-corrected chi connectivity index (χ2v) is 13.2. The molecular formula is C48H29N3O. The molecule has 52 heavy (non-hydrogen) atoms. The minimum absolute atomic E-state index is 0.650. The highest BCUT2D eigenvalue weighted by molar-refractivity contribution is 5.99. The van der Waals surface area contributed by atoms with Crippen LogP contribution >= 0.6 is 0 Å². The van der Waals surface area contributed by atoms with Crippen molar-refractivity contribution >= 4 is 0 Å². The molecule has 1 aliphatic heterocycles. The van der Waals surface area contributed by atoms with Crippen molar-refractivity contribution in [2.75, 3.05) is 0 Å². The van der Waals surface area contributed by atoms with E-state index in [9.17, 15) is 5.26 Å². The third-order valence-electron chi connectivity index (χ3n) is 10.4. The first kappa shape index (κ1) is 29.8. The van der Waals surface area contributed by atoms with Gasteiger partial charge in [0, 0.05) is 33.4 Å². The number of benzene rings is 7. The number of nitrogens with zero attached hydrogens (tertiary/aromatic N) is 3. The van der Waals surface area contributed by atoms with E-state index in [-0.39, 0.29) is 0 Å². The Morgan fingerprint density at radius 1 is 0.442 bits per heavy atom. The molecule has 0 radical (unpaired) electrons. The van der Waals surface area contributed by atoms with Gasteiger partial charge in [0.25, 0.3) is 0 Å². The number of hydrogen-bond donors (Lipinski definition) is 0. The van der Waals surface area contributed by atoms with Crippen molar-refractivity contribution in [1.29, 1.82) is 5.26 Å². The van der Waals surface area contributed by atoms with Crippen LogP contribution in [0.2, 0.25) is 0 Å². The molecule has 1 spiro atoms. The summed E-state index contributed by atoms with van der Waals surface area (Å²) in [5.41, 5.74) is 13.1. The number of fused-ring (bicyclic) bond motifs is 9. The summed E-state index contributed by atoms with van der Waals surface area (Å²) < 4.78 is 6.54. The molecule has 2 aliphatic rings. The standard InChI is InChI=1S/C48H29N3O/c49-30-35-20-12-24-39-45(35)46-36(21-13-25-40(46)48(39)37-22-7-9-26-43(37)52-44-27-10-8-23-38(44)48)33-18-11-19-34(28-33)42-29-41(31-14-3-1-4-15-31)50-47(51-42)32-16-5-2-6-17-32/h1-29H. The number of rotatable bonds is 4. The van der Waals surface area contributed by atoms with Crippen molar-refractivity contribution in [2.45, 2.75) is 5.41 Å². The summed E-state index contributed by atoms with van der Waals surface area (Å²) in [6.07, 6.45) is 0. The average molecular weight is 664 g/mol. The van der Waals surface area contributed by atoms with Crippen molar-refractivity contribution < 1.29 is 4.74 Å². The van der Waals surface area contributed by atoms with E-state index in [1.165, 1.54) is 0 Å². The Bertz CT molecular complexity index is 2630. The van der Waals surface area contributed by atoms with Gasteiger partial charge in [-0.2, -0.15) is 5.26 Å². The lowest BCUT2D eigenvalue weighted by Crippen LogP contribution is -2.32. The quantitative estimate of drug-likeness (QED) is 0.188. The van der Waals surface area contributed by atoms with E-state index in [1.807, 2.05) is 84.9 Å². The zero-order chi connectivity index (χ0) is 34.6. The number of nitriles is 1. The lowest BCUT2D eigenvalue weighted by Gasteiger charge is -2.39. The molecule has 0 saturated heterocycles. The predicted molar refractivity (Wildman–Crippen MR) is 206 cm³/mol. The molecule has 7 aromatic carbocycles. The van der Waals surface area contributed by atoms with Gasteiger partial charge in [0.15, 0.2) is 5.82 Å². The third kappa shape index (κ3) is 4.40. The van der Waals surface area contributed by atoms with Gasteiger partial charge in [0.2, 0.25) is 0 Å². The monoisotopic (exact) mass is 663 g/mol. The van der Waals surface area contributed by atoms with Crippen LogP contribution in [0.15, 0.2) is 176 Å². The molecule has 1 aromatic heterocycles. The first-order valence-electron chi connectivity index (χ1n) is 17.4. The largest absolute Gasteiger partial charge is 0.457 e. The van der Waals surface area contributed by atoms with Crippen molar-refractivity contribution in [1.82, 2.24) is 9.97 Å². The van der Waals surface area contributed by atoms with E-state index in [1.54, 1.807) is 0 Å². The summed E-state index contributed by atoms with van der Waals surface area (Å²) in [5.74, 6) is 2.32. The molecular weight excluding hydrogens is 635 g/mol. The number of aromatic nitrogens is 2. The first-order chi connectivity index (χ1) is 25.7. The molecule has 1 aliphatic carbocycles. The Balaban J connectivity index is 1.22. The molecule has 242 valence electrons. The highest BCUT2D eigenvalue weighted by atomic mass is 16.5. The minimum atomic E-state index is -0.668. The van der Waals surface area contributed by atoms with Gasteiger partial charge in [-0.15, -0.1) is 0 Å². The van der Waals surface area contributed by atoms with E-state index in [2.05, 4.69) is 97.1 Å². The van der Waals surface area contributed by atoms with Crippen LogP contribution in [0.3, 0.4) is 0 Å². The van der Waals surface area contributed by atoms with Crippen LogP contribution in [0.4, 0.5) is 0 Å². The predicted octanol–water partition coefficient (Wildman–Crippen LogP) is 11.5. The van der Waals surface area contributed by atoms with Crippen LogP contribution in [0.5, 0.6) is 11.5 Å². The molecule has 4 heteroatoms. The molecule has 8 aromatic rings. The molecule has 0 bridgehead atoms. The van der Waals surface area contributed by atoms with Crippen LogP contribution < -0.4 is 4.74 Å². The zero-order valence-electron chi connectivity index (χ0n) is 28.0. The zero-order valence-corrected chi connectivity index (χ0v) is 28.0. The number of para-hydroxylation sites is 2. The highest BCUT2D eigenvalue weighted by Gasteiger charge is 2.52. The van der Waals surface area contributed by atoms with Gasteiger partial charge in [0.05, 0.1) is 28.4 Å². The van der Waals surface area contributed by atoms with E-state index < -0.39 is 5.41 Å². The summed E-state index contributed by atoms with van der Waals surface area (Å²) >= 11 is 0. The van der Waals surface area contributed by atoms with Crippen LogP contribution in [0.1, 0.15) is 27.8 Å². The van der Waals surface area contributed by atoms with Crippen molar-refractivity contribution in [3.63, 3.8) is 0 Å². The maximum Gasteiger partial charge on any atom is 0.160 e. The second kappa shape index (κ2) is 11.8. The fourth-order valence-electron chi connectivity index (χ4n) is 8.24. The van der Waals surface area contributed by atoms with Gasteiger partial charge in [-0.1, -0.05) is 146 Å². The van der Waals surface area contributed by atoms with Crippen molar-refractivity contribution in [3.8, 4) is 73.7 Å². The maximum atomic E-state index is 10.6. The Hall–Kier alpha value is -7.09. The third-order valence-corrected chi connectivity index (χ3v) is 10.4. The Kier molecular flexibility index (Phi) is 6.74. The fraction of sp³-hybridized carbons (Fsp3) is 0.0208. The second-order valence-electron chi connectivity index (χ2n) is 13.2. The first-order valence-corrected chi connectivity index (χ1v) is 17.4. The van der Waals surface area contributed by atoms with Gasteiger partial charge < -0.3 is 4.74 Å².